The van der Waals surface area contributed by atoms with Gasteiger partial charge in [0.1, 0.15) is 5.75 Å². The van der Waals surface area contributed by atoms with Crippen molar-refractivity contribution in [1.29, 1.82) is 0 Å². The number of anilines is 1. The third kappa shape index (κ3) is 4.57. The van der Waals surface area contributed by atoms with Crippen LogP contribution in [0.5, 0.6) is 5.75 Å². The molecule has 1 unspecified atom stereocenters. The van der Waals surface area contributed by atoms with E-state index in [1.807, 2.05) is 24.3 Å². The molecule has 5 heteroatoms. The molecule has 1 aromatic rings. The summed E-state index contributed by atoms with van der Waals surface area (Å²) in [5, 5.41) is 2.99. The number of benzene rings is 1. The number of methoxy groups -OCH3 is 1. The second-order valence-electron chi connectivity index (χ2n) is 7.80. The van der Waals surface area contributed by atoms with E-state index in [0.717, 1.165) is 56.6 Å². The molecule has 2 amide bonds. The first-order valence-corrected chi connectivity index (χ1v) is 9.80. The van der Waals surface area contributed by atoms with Gasteiger partial charge in [-0.15, -0.1) is 0 Å². The highest BCUT2D eigenvalue weighted by Gasteiger charge is 2.33. The molecular weight excluding hydrogens is 328 g/mol. The van der Waals surface area contributed by atoms with Gasteiger partial charge in [-0.2, -0.15) is 0 Å². The van der Waals surface area contributed by atoms with Crippen molar-refractivity contribution in [2.45, 2.75) is 45.4 Å². The second kappa shape index (κ2) is 8.56. The van der Waals surface area contributed by atoms with E-state index in [4.69, 9.17) is 4.74 Å². The van der Waals surface area contributed by atoms with Crippen LogP contribution in [-0.4, -0.2) is 36.9 Å². The molecule has 26 heavy (non-hydrogen) atoms. The molecule has 1 aliphatic heterocycles. The van der Waals surface area contributed by atoms with E-state index < -0.39 is 0 Å². The Hall–Kier alpha value is -2.04. The molecule has 142 valence electrons. The van der Waals surface area contributed by atoms with Crippen molar-refractivity contribution in [1.82, 2.24) is 4.90 Å². The lowest BCUT2D eigenvalue weighted by Crippen LogP contribution is -2.43. The molecule has 0 spiro atoms. The average molecular weight is 358 g/mol. The molecule has 2 aliphatic rings. The van der Waals surface area contributed by atoms with Crippen LogP contribution in [0.3, 0.4) is 0 Å². The molecule has 1 saturated carbocycles. The maximum absolute atomic E-state index is 12.7. The largest absolute Gasteiger partial charge is 0.497 e. The SMILES string of the molecule is COc1ccc(NC(=O)C2CCC(C(=O)N3CCCC(C)C3)CC2)cc1. The number of rotatable bonds is 4. The topological polar surface area (TPSA) is 58.6 Å². The summed E-state index contributed by atoms with van der Waals surface area (Å²) in [5.74, 6) is 1.86. The Kier molecular flexibility index (Phi) is 6.17. The molecule has 1 N–H and O–H groups in total. The van der Waals surface area contributed by atoms with Crippen molar-refractivity contribution in [3.05, 3.63) is 24.3 Å². The summed E-state index contributed by atoms with van der Waals surface area (Å²) >= 11 is 0. The third-order valence-electron chi connectivity index (χ3n) is 5.77. The Morgan fingerprint density at radius 1 is 1.04 bits per heavy atom. The monoisotopic (exact) mass is 358 g/mol. The average Bonchev–Trinajstić information content (AvgIpc) is 2.68. The van der Waals surface area contributed by atoms with E-state index in [1.54, 1.807) is 7.11 Å². The number of ether oxygens (including phenoxy) is 1. The van der Waals surface area contributed by atoms with E-state index in [0.29, 0.717) is 11.8 Å². The van der Waals surface area contributed by atoms with Crippen LogP contribution in [0.2, 0.25) is 0 Å². The van der Waals surface area contributed by atoms with Gasteiger partial charge in [-0.25, -0.2) is 0 Å². The lowest BCUT2D eigenvalue weighted by atomic mass is 9.80. The predicted molar refractivity (Wildman–Crippen MR) is 102 cm³/mol. The summed E-state index contributed by atoms with van der Waals surface area (Å²) < 4.78 is 5.13. The zero-order valence-corrected chi connectivity index (χ0v) is 15.9. The number of nitrogens with zero attached hydrogens (tertiary/aromatic N) is 1. The summed E-state index contributed by atoms with van der Waals surface area (Å²) in [7, 11) is 1.62. The van der Waals surface area contributed by atoms with Crippen molar-refractivity contribution < 1.29 is 14.3 Å². The zero-order valence-electron chi connectivity index (χ0n) is 15.9. The molecule has 0 aromatic heterocycles. The molecule has 2 fully saturated rings. The van der Waals surface area contributed by atoms with Crippen LogP contribution in [-0.2, 0) is 9.59 Å². The van der Waals surface area contributed by atoms with Gasteiger partial charge in [0.25, 0.3) is 0 Å². The first-order valence-electron chi connectivity index (χ1n) is 9.80. The minimum Gasteiger partial charge on any atom is -0.497 e. The van der Waals surface area contributed by atoms with Gasteiger partial charge in [-0.05, 0) is 68.7 Å². The van der Waals surface area contributed by atoms with Gasteiger partial charge >= 0.3 is 0 Å². The second-order valence-corrected chi connectivity index (χ2v) is 7.80. The summed E-state index contributed by atoms with van der Waals surface area (Å²) in [5.41, 5.74) is 0.788. The van der Waals surface area contributed by atoms with Crippen LogP contribution in [0, 0.1) is 17.8 Å². The number of hydrogen-bond acceptors (Lipinski definition) is 3. The van der Waals surface area contributed by atoms with Gasteiger partial charge in [0.2, 0.25) is 11.8 Å². The maximum atomic E-state index is 12.7. The van der Waals surface area contributed by atoms with E-state index >= 15 is 0 Å². The van der Waals surface area contributed by atoms with Gasteiger partial charge in [-0.1, -0.05) is 6.92 Å². The van der Waals surface area contributed by atoms with Crippen molar-refractivity contribution >= 4 is 17.5 Å². The summed E-state index contributed by atoms with van der Waals surface area (Å²) in [6.07, 6.45) is 5.58. The van der Waals surface area contributed by atoms with Crippen LogP contribution in [0.1, 0.15) is 45.4 Å². The fourth-order valence-corrected chi connectivity index (χ4v) is 4.17. The van der Waals surface area contributed by atoms with Crippen LogP contribution >= 0.6 is 0 Å². The molecule has 1 aliphatic carbocycles. The summed E-state index contributed by atoms with van der Waals surface area (Å²) in [6, 6.07) is 7.38. The fourth-order valence-electron chi connectivity index (χ4n) is 4.17. The van der Waals surface area contributed by atoms with Gasteiger partial charge in [-0.3, -0.25) is 9.59 Å². The number of likely N-dealkylation sites (tertiary alicyclic amines) is 1. The van der Waals surface area contributed by atoms with E-state index in [9.17, 15) is 9.59 Å². The fraction of sp³-hybridized carbons (Fsp3) is 0.619. The highest BCUT2D eigenvalue weighted by Crippen LogP contribution is 2.32. The first-order chi connectivity index (χ1) is 12.6. The van der Waals surface area contributed by atoms with Gasteiger partial charge in [0.15, 0.2) is 0 Å². The van der Waals surface area contributed by atoms with E-state index in [1.165, 1.54) is 6.42 Å². The lowest BCUT2D eigenvalue weighted by molar-refractivity contribution is -0.139. The van der Waals surface area contributed by atoms with Crippen LogP contribution < -0.4 is 10.1 Å². The van der Waals surface area contributed by atoms with Gasteiger partial charge < -0.3 is 15.0 Å². The minimum atomic E-state index is 0.00133. The Balaban J connectivity index is 1.48. The molecule has 0 radical (unpaired) electrons. The summed E-state index contributed by atoms with van der Waals surface area (Å²) in [6.45, 7) is 4.03. The van der Waals surface area contributed by atoms with Crippen molar-refractivity contribution in [3.8, 4) is 5.75 Å². The number of nitrogens with one attached hydrogen (secondary N) is 1. The van der Waals surface area contributed by atoms with Crippen molar-refractivity contribution in [3.63, 3.8) is 0 Å². The van der Waals surface area contributed by atoms with Crippen LogP contribution in [0.25, 0.3) is 0 Å². The number of hydrogen-bond donors (Lipinski definition) is 1. The summed E-state index contributed by atoms with van der Waals surface area (Å²) in [4.78, 5) is 27.3. The number of carbonyl (C=O) groups is 2. The molecule has 1 atom stereocenters. The van der Waals surface area contributed by atoms with E-state index in [-0.39, 0.29) is 17.7 Å². The Labute approximate surface area is 156 Å². The number of amides is 2. The van der Waals surface area contributed by atoms with E-state index in [2.05, 4.69) is 17.1 Å². The smallest absolute Gasteiger partial charge is 0.227 e. The molecule has 1 heterocycles. The number of carbonyl (C=O) groups excluding carboxylic acids is 2. The zero-order chi connectivity index (χ0) is 18.5. The molecule has 5 nitrogen and oxygen atoms in total. The molecule has 0 bridgehead atoms. The Bertz CT molecular complexity index is 621. The quantitative estimate of drug-likeness (QED) is 0.893. The predicted octanol–water partition coefficient (Wildman–Crippen LogP) is 3.70. The van der Waals surface area contributed by atoms with Crippen molar-refractivity contribution in [2.24, 2.45) is 17.8 Å². The maximum Gasteiger partial charge on any atom is 0.227 e. The Morgan fingerprint density at radius 2 is 1.69 bits per heavy atom. The molecular formula is C21H30N2O3. The Morgan fingerprint density at radius 3 is 2.31 bits per heavy atom. The highest BCUT2D eigenvalue weighted by molar-refractivity contribution is 5.92. The van der Waals surface area contributed by atoms with Crippen LogP contribution in [0.15, 0.2) is 24.3 Å². The minimum absolute atomic E-state index is 0.00133. The normalized spacial score (nSPS) is 26.2. The standard InChI is InChI=1S/C21H30N2O3/c1-15-4-3-13-23(14-15)21(25)17-7-5-16(6-8-17)20(24)22-18-9-11-19(26-2)12-10-18/h9-12,15-17H,3-8,13-14H2,1-2H3,(H,22,24). The van der Waals surface area contributed by atoms with Crippen LogP contribution in [0.4, 0.5) is 5.69 Å². The van der Waals surface area contributed by atoms with Gasteiger partial charge in [0, 0.05) is 30.6 Å². The third-order valence-corrected chi connectivity index (χ3v) is 5.77. The molecule has 1 aromatic carbocycles. The lowest BCUT2D eigenvalue weighted by Gasteiger charge is -2.35. The van der Waals surface area contributed by atoms with Crippen molar-refractivity contribution in [2.75, 3.05) is 25.5 Å². The first kappa shape index (κ1) is 18.7. The molecule has 1 saturated heterocycles. The van der Waals surface area contributed by atoms with Gasteiger partial charge in [0.05, 0.1) is 7.11 Å². The number of piperidine rings is 1. The molecule has 3 rings (SSSR count). The highest BCUT2D eigenvalue weighted by atomic mass is 16.5.